The van der Waals surface area contributed by atoms with E-state index in [0.29, 0.717) is 18.5 Å². The average molecular weight is 611 g/mol. The van der Waals surface area contributed by atoms with Gasteiger partial charge in [-0.25, -0.2) is 18.7 Å². The summed E-state index contributed by atoms with van der Waals surface area (Å²) in [4.78, 5) is 43.1. The van der Waals surface area contributed by atoms with E-state index >= 15 is 4.39 Å². The van der Waals surface area contributed by atoms with Gasteiger partial charge in [0.25, 0.3) is 5.56 Å². The Kier molecular flexibility index (Phi) is 6.97. The van der Waals surface area contributed by atoms with E-state index in [1.165, 1.54) is 23.8 Å². The molecular formula is C31H31ClF2N6O3. The van der Waals surface area contributed by atoms with Crippen LogP contribution in [0.1, 0.15) is 83.8 Å². The molecule has 1 aliphatic carbocycles. The smallest absolute Gasteiger partial charge is 0.277 e. The minimum Gasteiger partial charge on any atom is -0.482 e. The minimum atomic E-state index is -1.89. The van der Waals surface area contributed by atoms with E-state index in [1.807, 2.05) is 0 Å². The summed E-state index contributed by atoms with van der Waals surface area (Å²) in [6, 6.07) is 4.22. The molecule has 0 aromatic carbocycles. The summed E-state index contributed by atoms with van der Waals surface area (Å²) in [6.07, 6.45) is 2.07. The number of nitrogens with one attached hydrogen (secondary N) is 1. The van der Waals surface area contributed by atoms with Gasteiger partial charge in [0.1, 0.15) is 28.4 Å². The number of carbonyl (C=O) groups excluding carboxylic acids is 1. The van der Waals surface area contributed by atoms with Crippen molar-refractivity contribution in [1.29, 1.82) is 0 Å². The average Bonchev–Trinajstić information content (AvgIpc) is 3.21. The highest BCUT2D eigenvalue weighted by Gasteiger charge is 2.35. The quantitative estimate of drug-likeness (QED) is 0.423. The second-order valence-electron chi connectivity index (χ2n) is 11.4. The van der Waals surface area contributed by atoms with Crippen molar-refractivity contribution in [2.24, 2.45) is 10.9 Å². The van der Waals surface area contributed by atoms with Crippen LogP contribution in [-0.4, -0.2) is 37.7 Å². The van der Waals surface area contributed by atoms with Crippen LogP contribution in [0.25, 0.3) is 5.70 Å². The number of halogens is 3. The number of aryl methyl sites for hydroxylation is 2. The Morgan fingerprint density at radius 3 is 2.84 bits per heavy atom. The Hall–Kier alpha value is -3.99. The zero-order valence-electron chi connectivity index (χ0n) is 25.9. The second kappa shape index (κ2) is 11.3. The van der Waals surface area contributed by atoms with E-state index in [1.54, 1.807) is 19.9 Å². The maximum absolute atomic E-state index is 16.6. The Morgan fingerprint density at radius 2 is 2.05 bits per heavy atom. The van der Waals surface area contributed by atoms with Crippen molar-refractivity contribution >= 4 is 28.9 Å². The van der Waals surface area contributed by atoms with Crippen LogP contribution < -0.4 is 15.6 Å². The number of dihydropyridines is 1. The van der Waals surface area contributed by atoms with Gasteiger partial charge in [-0.05, 0) is 63.6 Å². The van der Waals surface area contributed by atoms with Crippen molar-refractivity contribution < 1.29 is 21.1 Å². The Bertz CT molecular complexity index is 1840. The lowest BCUT2D eigenvalue weighted by Crippen LogP contribution is -2.41. The molecule has 0 bridgehead atoms. The topological polar surface area (TPSA) is 111 Å². The fourth-order valence-electron chi connectivity index (χ4n) is 5.89. The number of amides is 1. The molecule has 3 aromatic heterocycles. The van der Waals surface area contributed by atoms with Crippen LogP contribution in [0.4, 0.5) is 8.78 Å². The minimum absolute atomic E-state index is 0.0242. The van der Waals surface area contributed by atoms with Gasteiger partial charge in [-0.1, -0.05) is 18.0 Å². The second-order valence-corrected chi connectivity index (χ2v) is 11.8. The summed E-state index contributed by atoms with van der Waals surface area (Å²) in [7, 11) is 0. The molecule has 2 atom stereocenters. The van der Waals surface area contributed by atoms with Crippen LogP contribution in [0.2, 0.25) is 5.02 Å². The van der Waals surface area contributed by atoms with Gasteiger partial charge in [0, 0.05) is 40.1 Å². The predicted molar refractivity (Wildman–Crippen MR) is 157 cm³/mol. The van der Waals surface area contributed by atoms with Gasteiger partial charge in [0.15, 0.2) is 11.7 Å². The zero-order chi connectivity index (χ0) is 32.3. The Morgan fingerprint density at radius 1 is 1.23 bits per heavy atom. The number of ether oxygens (including phenoxy) is 1. The zero-order valence-corrected chi connectivity index (χ0v) is 24.6. The molecule has 6 rings (SSSR count). The van der Waals surface area contributed by atoms with Gasteiger partial charge in [-0.2, -0.15) is 0 Å². The molecule has 43 heavy (non-hydrogen) atoms. The largest absolute Gasteiger partial charge is 0.482 e. The van der Waals surface area contributed by atoms with Gasteiger partial charge in [0.2, 0.25) is 5.91 Å². The number of nitrogens with zero attached hydrogens (tertiary/aromatic N) is 5. The molecule has 3 aromatic rings. The summed E-state index contributed by atoms with van der Waals surface area (Å²) in [5, 5.41) is 2.49. The summed E-state index contributed by atoms with van der Waals surface area (Å²) in [5.41, 5.74) is -0.468. The standard InChI is InChI=1S/C31H31ClF2N6O3/c1-16(41)39-31(2,3)30-35-11-10-21(38-30)27-25(34)28-18(14-36-27)6-4-5-7-20-13-23(24(32)29(42)40(20)28)43-22-9-8-17-12-19(33)15-37-26(17)22/h10-13,15,18,22H,4-9,14H2,1-3H3,(H,39,41)/t18-,22?/m0/s1/i8D2. The molecule has 9 nitrogen and oxygen atoms in total. The Balaban J connectivity index is 1.41. The van der Waals surface area contributed by atoms with E-state index in [9.17, 15) is 14.0 Å². The van der Waals surface area contributed by atoms with Gasteiger partial charge in [0.05, 0.1) is 28.8 Å². The van der Waals surface area contributed by atoms with Crippen LogP contribution in [-0.2, 0) is 23.1 Å². The summed E-state index contributed by atoms with van der Waals surface area (Å²) >= 11 is 6.61. The van der Waals surface area contributed by atoms with Crippen molar-refractivity contribution in [2.45, 2.75) is 70.9 Å². The molecule has 0 spiro atoms. The molecule has 0 saturated heterocycles. The molecule has 0 fully saturated rings. The van der Waals surface area contributed by atoms with Crippen molar-refractivity contribution in [3.05, 3.63) is 86.1 Å². The predicted octanol–water partition coefficient (Wildman–Crippen LogP) is 5.25. The first kappa shape index (κ1) is 26.6. The molecule has 2 aliphatic heterocycles. The van der Waals surface area contributed by atoms with Gasteiger partial charge >= 0.3 is 0 Å². The fraction of sp³-hybridized carbons (Fsp3) is 0.419. The molecule has 12 heteroatoms. The van der Waals surface area contributed by atoms with Crippen LogP contribution in [0.3, 0.4) is 0 Å². The number of carbonyl (C=O) groups is 1. The van der Waals surface area contributed by atoms with E-state index < -0.39 is 41.1 Å². The van der Waals surface area contributed by atoms with Gasteiger partial charge in [-0.15, -0.1) is 0 Å². The van der Waals surface area contributed by atoms with Crippen molar-refractivity contribution in [3.8, 4) is 5.75 Å². The van der Waals surface area contributed by atoms with E-state index in [0.717, 1.165) is 25.1 Å². The van der Waals surface area contributed by atoms with E-state index in [2.05, 4.69) is 25.3 Å². The molecule has 0 radical (unpaired) electrons. The summed E-state index contributed by atoms with van der Waals surface area (Å²) in [5.74, 6) is -1.73. The monoisotopic (exact) mass is 610 g/mol. The lowest BCUT2D eigenvalue weighted by Gasteiger charge is -2.30. The lowest BCUT2D eigenvalue weighted by molar-refractivity contribution is -0.120. The van der Waals surface area contributed by atoms with Crippen molar-refractivity contribution in [2.75, 3.05) is 6.54 Å². The molecule has 1 amide bonds. The van der Waals surface area contributed by atoms with Crippen LogP contribution >= 0.6 is 11.6 Å². The molecule has 1 unspecified atom stereocenters. The third kappa shape index (κ3) is 5.46. The number of pyridine rings is 2. The molecule has 3 aliphatic rings. The first-order valence-corrected chi connectivity index (χ1v) is 14.5. The highest BCUT2D eigenvalue weighted by atomic mass is 35.5. The van der Waals surface area contributed by atoms with Crippen LogP contribution in [0.15, 0.2) is 46.2 Å². The normalized spacial score (nSPS) is 21.8. The number of allylic oxidation sites excluding steroid dienone is 1. The maximum Gasteiger partial charge on any atom is 0.277 e. The first-order chi connectivity index (χ1) is 21.3. The number of fused-ring (bicyclic) bond motifs is 4. The number of rotatable bonds is 5. The highest BCUT2D eigenvalue weighted by Crippen LogP contribution is 2.39. The fourth-order valence-corrected chi connectivity index (χ4v) is 6.07. The maximum atomic E-state index is 16.6. The Labute approximate surface area is 254 Å². The molecule has 0 saturated carbocycles. The number of hydrogen-bond donors (Lipinski definition) is 1. The third-order valence-corrected chi connectivity index (χ3v) is 8.19. The van der Waals surface area contributed by atoms with Gasteiger partial charge < -0.3 is 10.1 Å². The molecular weight excluding hydrogens is 578 g/mol. The summed E-state index contributed by atoms with van der Waals surface area (Å²) in [6.45, 7) is 5.08. The first-order valence-electron chi connectivity index (χ1n) is 15.1. The highest BCUT2D eigenvalue weighted by molar-refractivity contribution is 6.32. The molecule has 1 N–H and O–H groups in total. The van der Waals surface area contributed by atoms with Crippen molar-refractivity contribution in [3.63, 3.8) is 0 Å². The number of aromatic nitrogens is 4. The molecule has 5 heterocycles. The lowest BCUT2D eigenvalue weighted by atomic mass is 9.90. The summed E-state index contributed by atoms with van der Waals surface area (Å²) < 4.78 is 54.6. The SMILES string of the molecule is [2H]C1([2H])CC(Oc2cc3n(c(=O)c2Cl)C2=C(F)C(c4ccnc(C(C)(C)NC(C)=O)n4)=NC[C@@H]2CCCC3)c2ncc(F)cc21. The molecule has 224 valence electrons. The van der Waals surface area contributed by atoms with Crippen LogP contribution in [0, 0.1) is 11.7 Å². The van der Waals surface area contributed by atoms with E-state index in [-0.39, 0.29) is 63.8 Å². The third-order valence-electron chi connectivity index (χ3n) is 7.84. The van der Waals surface area contributed by atoms with Gasteiger partial charge in [-0.3, -0.25) is 24.1 Å². The van der Waals surface area contributed by atoms with E-state index in [4.69, 9.17) is 19.1 Å². The van der Waals surface area contributed by atoms with Crippen molar-refractivity contribution in [1.82, 2.24) is 24.8 Å². The number of hydrogen-bond acceptors (Lipinski definition) is 7. The van der Waals surface area contributed by atoms with Crippen LogP contribution in [0.5, 0.6) is 5.75 Å². The number of aliphatic imine (C=N–C) groups is 1.